The molecule has 6 heterocycles. The standard InChI is InChI=1S/C30H32N2O5.C28H28N2O6/c1-7-35-29(33)28(37-30(4,5)6)24-17(2)16-22-20(9-8-18(3)32(22)34)26(24)21-10-11-23-25-19(13-15-36-23)12-14-31-27(21)25;1-15-13-20-18(6-5-17(14-31)30(20)34)24(22(15)26(27(32)33)36-28(2,3)4)19-7-8-21-23-16(10-12-35-21)9-11-29-25(19)23/h8-12,14,16,28H,7,13,15H2,1-6H3;5-9,11,13,26,31H,10,12,14H2,1-4H3,(H,32,33)/t28-;26-/m00/s1. The van der Waals surface area contributed by atoms with E-state index < -0.39 is 42.0 Å². The van der Waals surface area contributed by atoms with Crippen molar-refractivity contribution in [2.24, 2.45) is 0 Å². The lowest BCUT2D eigenvalue weighted by Gasteiger charge is -2.29. The SMILES string of the molecule is CCOC(=O)[C@@H](OC(C)(C)C)c1c(C)cc2c(ccc(C)[n+]2[O-])c1-c1ccc2c3c(ccnc13)CCO2.Cc1cc2c(ccc(CO)[n+]2[O-])c(-c2ccc3c4c(ccnc24)CCO3)c1[C@H](OC(C)(C)C)C(=O)O. The third-order valence-corrected chi connectivity index (χ3v) is 13.2. The molecule has 0 amide bonds. The predicted molar refractivity (Wildman–Crippen MR) is 277 cm³/mol. The van der Waals surface area contributed by atoms with Crippen LogP contribution in [0.15, 0.2) is 85.2 Å². The molecule has 4 aromatic heterocycles. The van der Waals surface area contributed by atoms with Crippen molar-refractivity contribution in [2.45, 2.75) is 112 Å². The van der Waals surface area contributed by atoms with Gasteiger partial charge >= 0.3 is 11.9 Å². The number of aryl methyl sites for hydroxylation is 3. The van der Waals surface area contributed by atoms with E-state index in [0.717, 1.165) is 73.2 Å². The van der Waals surface area contributed by atoms with Crippen molar-refractivity contribution in [3.8, 4) is 33.8 Å². The zero-order valence-corrected chi connectivity index (χ0v) is 42.8. The maximum absolute atomic E-state index is 13.4. The highest BCUT2D eigenvalue weighted by Gasteiger charge is 2.36. The summed E-state index contributed by atoms with van der Waals surface area (Å²) in [5.41, 5.74) is 9.23. The Hall–Kier alpha value is -7.46. The smallest absolute Gasteiger partial charge is 0.339 e. The van der Waals surface area contributed by atoms with E-state index in [9.17, 15) is 30.2 Å². The predicted octanol–water partition coefficient (Wildman–Crippen LogP) is 10.0. The fraction of sp³-hybridized carbons (Fsp3) is 0.345. The molecule has 0 spiro atoms. The minimum atomic E-state index is -1.29. The van der Waals surface area contributed by atoms with Crippen molar-refractivity contribution in [3.05, 3.63) is 140 Å². The van der Waals surface area contributed by atoms with Crippen LogP contribution in [0.3, 0.4) is 0 Å². The first-order chi connectivity index (χ1) is 34.7. The van der Waals surface area contributed by atoms with Crippen LogP contribution < -0.4 is 18.9 Å². The first-order valence-corrected chi connectivity index (χ1v) is 24.5. The summed E-state index contributed by atoms with van der Waals surface area (Å²) in [6.45, 7) is 19.4. The molecule has 2 aliphatic heterocycles. The number of ether oxygens (including phenoxy) is 5. The molecule has 10 rings (SSSR count). The Morgan fingerprint density at radius 3 is 1.64 bits per heavy atom. The highest BCUT2D eigenvalue weighted by atomic mass is 16.6. The van der Waals surface area contributed by atoms with Crippen LogP contribution in [0.25, 0.3) is 65.9 Å². The first kappa shape index (κ1) is 50.5. The number of benzene rings is 4. The summed E-state index contributed by atoms with van der Waals surface area (Å²) in [5, 5.41) is 49.4. The number of carboxylic acid groups (broad SMARTS) is 1. The monoisotopic (exact) mass is 988 g/mol. The van der Waals surface area contributed by atoms with Crippen molar-refractivity contribution in [2.75, 3.05) is 19.8 Å². The van der Waals surface area contributed by atoms with Gasteiger partial charge in [-0.05, 0) is 133 Å². The molecule has 0 fully saturated rings. The van der Waals surface area contributed by atoms with E-state index in [-0.39, 0.29) is 12.3 Å². The zero-order chi connectivity index (χ0) is 52.3. The molecule has 378 valence electrons. The van der Waals surface area contributed by atoms with Crippen molar-refractivity contribution in [1.82, 2.24) is 9.97 Å². The Balaban J connectivity index is 0.000000180. The van der Waals surface area contributed by atoms with Crippen molar-refractivity contribution in [3.63, 3.8) is 0 Å². The fourth-order valence-corrected chi connectivity index (χ4v) is 10.2. The van der Waals surface area contributed by atoms with E-state index in [4.69, 9.17) is 28.7 Å². The lowest BCUT2D eigenvalue weighted by molar-refractivity contribution is -0.588. The van der Waals surface area contributed by atoms with Gasteiger partial charge in [0, 0.05) is 101 Å². The lowest BCUT2D eigenvalue weighted by atomic mass is 9.86. The number of aliphatic hydroxyl groups is 1. The van der Waals surface area contributed by atoms with Crippen molar-refractivity contribution >= 4 is 55.6 Å². The molecule has 2 N–H and O–H groups in total. The average Bonchev–Trinajstić information content (AvgIpc) is 3.34. The average molecular weight is 989 g/mol. The minimum absolute atomic E-state index is 0.199. The van der Waals surface area contributed by atoms with E-state index in [1.165, 1.54) is 0 Å². The van der Waals surface area contributed by atoms with E-state index >= 15 is 0 Å². The third kappa shape index (κ3) is 9.44. The molecule has 0 saturated heterocycles. The first-order valence-electron chi connectivity index (χ1n) is 24.5. The summed E-state index contributed by atoms with van der Waals surface area (Å²) in [6, 6.07) is 22.1. The summed E-state index contributed by atoms with van der Waals surface area (Å²) in [5.74, 6) is -0.0881. The fourth-order valence-electron chi connectivity index (χ4n) is 10.2. The lowest BCUT2D eigenvalue weighted by Crippen LogP contribution is -2.33. The second kappa shape index (κ2) is 19.5. The van der Waals surface area contributed by atoms with E-state index in [2.05, 4.69) is 4.98 Å². The molecule has 73 heavy (non-hydrogen) atoms. The summed E-state index contributed by atoms with van der Waals surface area (Å²) in [6.07, 6.45) is 2.79. The quantitative estimate of drug-likeness (QED) is 0.0746. The van der Waals surface area contributed by atoms with Gasteiger partial charge in [-0.3, -0.25) is 9.97 Å². The van der Waals surface area contributed by atoms with Gasteiger partial charge in [0.1, 0.15) is 18.1 Å². The molecule has 4 aromatic carbocycles. The molecular formula is C58H60N4O11. The highest BCUT2D eigenvalue weighted by molar-refractivity contribution is 6.09. The molecule has 2 atom stereocenters. The Bertz CT molecular complexity index is 3500. The van der Waals surface area contributed by atoms with Gasteiger partial charge in [-0.2, -0.15) is 9.46 Å². The van der Waals surface area contributed by atoms with Crippen LogP contribution >= 0.6 is 0 Å². The van der Waals surface area contributed by atoms with Crippen LogP contribution in [0.4, 0.5) is 0 Å². The number of hydrogen-bond donors (Lipinski definition) is 2. The molecular weight excluding hydrogens is 929 g/mol. The molecule has 2 aliphatic rings. The molecule has 0 bridgehead atoms. The number of carbonyl (C=O) groups excluding carboxylic acids is 1. The number of esters is 1. The molecule has 0 unspecified atom stereocenters. The van der Waals surface area contributed by atoms with Gasteiger partial charge in [0.2, 0.25) is 16.7 Å². The number of carboxylic acids is 1. The Morgan fingerprint density at radius 2 is 1.16 bits per heavy atom. The maximum atomic E-state index is 13.4. The van der Waals surface area contributed by atoms with E-state index in [1.807, 2.05) is 76.2 Å². The van der Waals surface area contributed by atoms with Gasteiger partial charge in [0.05, 0.1) is 52.8 Å². The summed E-state index contributed by atoms with van der Waals surface area (Å²) >= 11 is 0. The third-order valence-electron chi connectivity index (χ3n) is 13.2. The molecule has 8 aromatic rings. The largest absolute Gasteiger partial charge is 0.618 e. The Kier molecular flexibility index (Phi) is 13.5. The van der Waals surface area contributed by atoms with Gasteiger partial charge in [-0.15, -0.1) is 0 Å². The maximum Gasteiger partial charge on any atom is 0.339 e. The Labute approximate surface area is 423 Å². The number of hydrogen-bond acceptors (Lipinski definition) is 12. The van der Waals surface area contributed by atoms with Gasteiger partial charge in [0.25, 0.3) is 0 Å². The number of fused-ring (bicyclic) bond motifs is 2. The van der Waals surface area contributed by atoms with Crippen LogP contribution in [0, 0.1) is 31.2 Å². The van der Waals surface area contributed by atoms with Crippen molar-refractivity contribution < 1.29 is 52.9 Å². The number of aromatic nitrogens is 4. The number of aliphatic carboxylic acids is 1. The zero-order valence-electron chi connectivity index (χ0n) is 42.8. The molecule has 0 aliphatic carbocycles. The minimum Gasteiger partial charge on any atom is -0.618 e. The molecule has 15 heteroatoms. The van der Waals surface area contributed by atoms with E-state index in [1.54, 1.807) is 78.2 Å². The number of pyridine rings is 4. The van der Waals surface area contributed by atoms with E-state index in [0.29, 0.717) is 78.8 Å². The summed E-state index contributed by atoms with van der Waals surface area (Å²) < 4.78 is 31.4. The molecule has 15 nitrogen and oxygen atoms in total. The second-order valence-electron chi connectivity index (χ2n) is 20.5. The van der Waals surface area contributed by atoms with Crippen LogP contribution in [0.2, 0.25) is 0 Å². The van der Waals surface area contributed by atoms with Gasteiger partial charge < -0.3 is 44.3 Å². The van der Waals surface area contributed by atoms with Crippen LogP contribution in [0.1, 0.15) is 105 Å². The topological polar surface area (TPSA) is 200 Å². The van der Waals surface area contributed by atoms with Gasteiger partial charge in [-0.1, -0.05) is 0 Å². The second-order valence-corrected chi connectivity index (χ2v) is 20.5. The van der Waals surface area contributed by atoms with Crippen LogP contribution in [-0.4, -0.2) is 63.1 Å². The number of nitrogens with zero attached hydrogens (tertiary/aromatic N) is 4. The highest BCUT2D eigenvalue weighted by Crippen LogP contribution is 2.47. The van der Waals surface area contributed by atoms with Gasteiger partial charge in [0.15, 0.2) is 17.9 Å². The molecule has 0 radical (unpaired) electrons. The van der Waals surface area contributed by atoms with Gasteiger partial charge in [-0.25, -0.2) is 9.59 Å². The molecule has 0 saturated carbocycles. The number of carbonyl (C=O) groups is 2. The normalized spacial score (nSPS) is 14.1. The summed E-state index contributed by atoms with van der Waals surface area (Å²) in [7, 11) is 0. The number of rotatable bonds is 10. The van der Waals surface area contributed by atoms with Crippen LogP contribution in [0.5, 0.6) is 11.5 Å². The van der Waals surface area contributed by atoms with Crippen LogP contribution in [-0.2, 0) is 43.2 Å². The summed E-state index contributed by atoms with van der Waals surface area (Å²) in [4.78, 5) is 35.4. The Morgan fingerprint density at radius 1 is 0.685 bits per heavy atom. The van der Waals surface area contributed by atoms with Crippen molar-refractivity contribution in [1.29, 1.82) is 0 Å². The number of aliphatic hydroxyl groups excluding tert-OH is 1.